The lowest BCUT2D eigenvalue weighted by Gasteiger charge is -2.32. The van der Waals surface area contributed by atoms with E-state index in [9.17, 15) is 18.0 Å². The first-order valence-electron chi connectivity index (χ1n) is 14.2. The van der Waals surface area contributed by atoms with Crippen LogP contribution >= 0.6 is 11.6 Å². The van der Waals surface area contributed by atoms with E-state index < -0.39 is 28.5 Å². The lowest BCUT2D eigenvalue weighted by Crippen LogP contribution is -2.52. The predicted octanol–water partition coefficient (Wildman–Crippen LogP) is 5.34. The number of carbonyl (C=O) groups excluding carboxylic acids is 2. The molecule has 2 amide bonds. The SMILES string of the molecule is COc1ccc(S(=O)(=O)N(CC(=O)N(Cc2ccc(C)cc2)[C@H](C)C(=O)NC2CCCC2)c2ccc(Cl)cc2)cc1OC. The highest BCUT2D eigenvalue weighted by Gasteiger charge is 2.33. The Hall–Kier alpha value is -3.76. The van der Waals surface area contributed by atoms with Crippen LogP contribution in [-0.4, -0.2) is 58.0 Å². The van der Waals surface area contributed by atoms with Crippen LogP contribution < -0.4 is 19.1 Å². The molecule has 230 valence electrons. The molecule has 43 heavy (non-hydrogen) atoms. The van der Waals surface area contributed by atoms with E-state index in [1.807, 2.05) is 31.2 Å². The van der Waals surface area contributed by atoms with E-state index in [2.05, 4.69) is 5.32 Å². The molecule has 11 heteroatoms. The Morgan fingerprint density at radius 2 is 1.58 bits per heavy atom. The molecule has 1 saturated carbocycles. The summed E-state index contributed by atoms with van der Waals surface area (Å²) in [5, 5.41) is 3.49. The Labute approximate surface area is 258 Å². The summed E-state index contributed by atoms with van der Waals surface area (Å²) in [6.07, 6.45) is 3.90. The minimum absolute atomic E-state index is 0.0715. The summed E-state index contributed by atoms with van der Waals surface area (Å²) in [5.41, 5.74) is 2.12. The van der Waals surface area contributed by atoms with Crippen LogP contribution in [0.1, 0.15) is 43.7 Å². The highest BCUT2D eigenvalue weighted by atomic mass is 35.5. The maximum absolute atomic E-state index is 14.1. The van der Waals surface area contributed by atoms with Gasteiger partial charge < -0.3 is 19.7 Å². The van der Waals surface area contributed by atoms with Gasteiger partial charge in [-0.1, -0.05) is 54.3 Å². The molecule has 1 atom stereocenters. The van der Waals surface area contributed by atoms with Gasteiger partial charge in [-0.15, -0.1) is 0 Å². The molecule has 0 bridgehead atoms. The van der Waals surface area contributed by atoms with Gasteiger partial charge in [0.15, 0.2) is 11.5 Å². The van der Waals surface area contributed by atoms with Crippen molar-refractivity contribution < 1.29 is 27.5 Å². The molecule has 1 fully saturated rings. The molecule has 1 N–H and O–H groups in total. The second-order valence-corrected chi connectivity index (χ2v) is 13.0. The van der Waals surface area contributed by atoms with Crippen LogP contribution in [0.3, 0.4) is 0 Å². The van der Waals surface area contributed by atoms with E-state index in [1.54, 1.807) is 19.1 Å². The molecule has 3 aromatic carbocycles. The molecule has 0 unspecified atom stereocenters. The molecule has 1 aliphatic carbocycles. The first-order valence-corrected chi connectivity index (χ1v) is 16.0. The average Bonchev–Trinajstić information content (AvgIpc) is 3.52. The highest BCUT2D eigenvalue weighted by molar-refractivity contribution is 7.92. The van der Waals surface area contributed by atoms with Gasteiger partial charge in [-0.05, 0) is 68.7 Å². The lowest BCUT2D eigenvalue weighted by molar-refractivity contribution is -0.139. The molecule has 0 heterocycles. The smallest absolute Gasteiger partial charge is 0.264 e. The number of benzene rings is 3. The number of hydrogen-bond acceptors (Lipinski definition) is 6. The van der Waals surface area contributed by atoms with Crippen molar-refractivity contribution in [1.82, 2.24) is 10.2 Å². The molecule has 0 spiro atoms. The van der Waals surface area contributed by atoms with Gasteiger partial charge in [0.05, 0.1) is 24.8 Å². The average molecular weight is 628 g/mol. The Balaban J connectivity index is 1.71. The van der Waals surface area contributed by atoms with Gasteiger partial charge in [0.2, 0.25) is 11.8 Å². The number of hydrogen-bond donors (Lipinski definition) is 1. The van der Waals surface area contributed by atoms with Crippen molar-refractivity contribution in [3.63, 3.8) is 0 Å². The topological polar surface area (TPSA) is 105 Å². The largest absolute Gasteiger partial charge is 0.493 e. The summed E-state index contributed by atoms with van der Waals surface area (Å²) in [6.45, 7) is 3.22. The normalized spacial score (nSPS) is 14.2. The van der Waals surface area contributed by atoms with Gasteiger partial charge in [0.1, 0.15) is 12.6 Å². The second-order valence-electron chi connectivity index (χ2n) is 10.7. The highest BCUT2D eigenvalue weighted by Crippen LogP contribution is 2.33. The first-order chi connectivity index (χ1) is 20.5. The molecule has 1 aliphatic rings. The fourth-order valence-electron chi connectivity index (χ4n) is 5.11. The molecule has 3 aromatic rings. The number of halogens is 1. The number of ether oxygens (including phenoxy) is 2. The molecule has 0 aliphatic heterocycles. The zero-order chi connectivity index (χ0) is 31.1. The van der Waals surface area contributed by atoms with E-state index in [4.69, 9.17) is 21.1 Å². The van der Waals surface area contributed by atoms with Crippen LogP contribution in [-0.2, 0) is 26.2 Å². The van der Waals surface area contributed by atoms with E-state index in [-0.39, 0.29) is 34.8 Å². The van der Waals surface area contributed by atoms with Crippen molar-refractivity contribution in [1.29, 1.82) is 0 Å². The summed E-state index contributed by atoms with van der Waals surface area (Å²) < 4.78 is 39.9. The number of sulfonamides is 1. The van der Waals surface area contributed by atoms with Crippen LogP contribution in [0.4, 0.5) is 5.69 Å². The number of nitrogens with zero attached hydrogens (tertiary/aromatic N) is 2. The molecule has 4 rings (SSSR count). The summed E-state index contributed by atoms with van der Waals surface area (Å²) in [7, 11) is -1.42. The van der Waals surface area contributed by atoms with Crippen molar-refractivity contribution in [2.45, 2.75) is 63.1 Å². The zero-order valence-electron chi connectivity index (χ0n) is 24.9. The van der Waals surface area contributed by atoms with Gasteiger partial charge in [0.25, 0.3) is 10.0 Å². The van der Waals surface area contributed by atoms with Gasteiger partial charge in [0, 0.05) is 23.7 Å². The van der Waals surface area contributed by atoms with Gasteiger partial charge >= 0.3 is 0 Å². The standard InChI is InChI=1S/C32H38ClN3O6S/c1-22-9-11-24(12-10-22)20-35(23(2)32(38)34-26-7-5-6-8-26)31(37)21-36(27-15-13-25(33)14-16-27)43(39,40)28-17-18-29(41-3)30(19-28)42-4/h9-19,23,26H,5-8,20-21H2,1-4H3,(H,34,38)/t23-/m1/s1. The van der Waals surface area contributed by atoms with Gasteiger partial charge in [-0.2, -0.15) is 0 Å². The number of methoxy groups -OCH3 is 2. The summed E-state index contributed by atoms with van der Waals surface area (Å²) in [5.74, 6) is -0.215. The van der Waals surface area contributed by atoms with Crippen LogP contribution in [0.25, 0.3) is 0 Å². The summed E-state index contributed by atoms with van der Waals surface area (Å²) in [6, 6.07) is 17.3. The minimum atomic E-state index is -4.29. The number of nitrogens with one attached hydrogen (secondary N) is 1. The van der Waals surface area contributed by atoms with E-state index >= 15 is 0 Å². The number of amides is 2. The minimum Gasteiger partial charge on any atom is -0.493 e. The zero-order valence-corrected chi connectivity index (χ0v) is 26.5. The second kappa shape index (κ2) is 14.1. The Morgan fingerprint density at radius 3 is 2.19 bits per heavy atom. The van der Waals surface area contributed by atoms with Gasteiger partial charge in [-0.3, -0.25) is 13.9 Å². The molecule has 0 saturated heterocycles. The summed E-state index contributed by atoms with van der Waals surface area (Å²) >= 11 is 6.11. The Kier molecular flexibility index (Phi) is 10.6. The molecule has 0 aromatic heterocycles. The predicted molar refractivity (Wildman–Crippen MR) is 167 cm³/mol. The quantitative estimate of drug-likeness (QED) is 0.291. The van der Waals surface area contributed by atoms with Crippen molar-refractivity contribution in [2.75, 3.05) is 25.1 Å². The number of anilines is 1. The van der Waals surface area contributed by atoms with Gasteiger partial charge in [-0.25, -0.2) is 8.42 Å². The van der Waals surface area contributed by atoms with Crippen LogP contribution in [0.2, 0.25) is 5.02 Å². The third-order valence-electron chi connectivity index (χ3n) is 7.68. The maximum Gasteiger partial charge on any atom is 0.264 e. The number of aryl methyl sites for hydroxylation is 1. The molecular formula is C32H38ClN3O6S. The van der Waals surface area contributed by atoms with Crippen molar-refractivity contribution in [2.24, 2.45) is 0 Å². The lowest BCUT2D eigenvalue weighted by atomic mass is 10.1. The van der Waals surface area contributed by atoms with E-state index in [0.29, 0.717) is 10.8 Å². The van der Waals surface area contributed by atoms with Crippen molar-refractivity contribution >= 4 is 39.1 Å². The molecule has 0 radical (unpaired) electrons. The maximum atomic E-state index is 14.1. The van der Waals surface area contributed by atoms with E-state index in [1.165, 1.54) is 49.5 Å². The van der Waals surface area contributed by atoms with E-state index in [0.717, 1.165) is 41.1 Å². The van der Waals surface area contributed by atoms with Crippen molar-refractivity contribution in [3.8, 4) is 11.5 Å². The monoisotopic (exact) mass is 627 g/mol. The Bertz CT molecular complexity index is 1520. The first kappa shape index (κ1) is 32.2. The molecular weight excluding hydrogens is 590 g/mol. The fourth-order valence-corrected chi connectivity index (χ4v) is 6.66. The van der Waals surface area contributed by atoms with Crippen LogP contribution in [0, 0.1) is 6.92 Å². The molecule has 9 nitrogen and oxygen atoms in total. The van der Waals surface area contributed by atoms with Crippen LogP contribution in [0.15, 0.2) is 71.6 Å². The van der Waals surface area contributed by atoms with Crippen LogP contribution in [0.5, 0.6) is 11.5 Å². The fraction of sp³-hybridized carbons (Fsp3) is 0.375. The summed E-state index contributed by atoms with van der Waals surface area (Å²) in [4.78, 5) is 28.8. The third kappa shape index (κ3) is 7.80. The Morgan fingerprint density at radius 1 is 0.953 bits per heavy atom. The number of carbonyl (C=O) groups is 2. The number of rotatable bonds is 12. The van der Waals surface area contributed by atoms with Crippen molar-refractivity contribution in [3.05, 3.63) is 82.9 Å². The third-order valence-corrected chi connectivity index (χ3v) is 9.70.